The molecule has 0 heterocycles. The predicted molar refractivity (Wildman–Crippen MR) is 71.4 cm³/mol. The lowest BCUT2D eigenvalue weighted by Gasteiger charge is -2.13. The van der Waals surface area contributed by atoms with Crippen LogP contribution in [0.2, 0.25) is 0 Å². The standard InChI is InChI=1S/C13H12FNO4S/c14-10-5-7-11(8-6-10)19-13-4-2-1-3-12(13)15-9-18-20(16)17/h1-8,15H,9H2,(H,16,17)/p-1. The summed E-state index contributed by atoms with van der Waals surface area (Å²) in [6.45, 7) is -0.208. The van der Waals surface area contributed by atoms with E-state index in [0.29, 0.717) is 17.2 Å². The molecule has 0 saturated carbocycles. The molecule has 0 bridgehead atoms. The highest BCUT2D eigenvalue weighted by atomic mass is 32.2. The van der Waals surface area contributed by atoms with Gasteiger partial charge in [0.25, 0.3) is 0 Å². The van der Waals surface area contributed by atoms with E-state index in [1.807, 2.05) is 0 Å². The maximum Gasteiger partial charge on any atom is 0.150 e. The number of halogens is 1. The van der Waals surface area contributed by atoms with Crippen molar-refractivity contribution < 1.29 is 22.1 Å². The molecular formula is C13H11FNO4S-. The number of rotatable bonds is 6. The molecule has 0 amide bonds. The van der Waals surface area contributed by atoms with Crippen LogP contribution in [0.3, 0.4) is 0 Å². The SMILES string of the molecule is O=S([O-])OCNc1ccccc1Oc1ccc(F)cc1. The normalized spacial score (nSPS) is 11.9. The number of anilines is 1. The first kappa shape index (κ1) is 14.4. The van der Waals surface area contributed by atoms with Gasteiger partial charge in [-0.2, -0.15) is 0 Å². The van der Waals surface area contributed by atoms with Gasteiger partial charge < -0.3 is 14.6 Å². The van der Waals surface area contributed by atoms with Gasteiger partial charge in [0.05, 0.1) is 17.0 Å². The molecule has 2 aromatic rings. The Morgan fingerprint density at radius 1 is 1.15 bits per heavy atom. The summed E-state index contributed by atoms with van der Waals surface area (Å²) in [6, 6.07) is 12.5. The van der Waals surface area contributed by atoms with Gasteiger partial charge in [0.2, 0.25) is 0 Å². The van der Waals surface area contributed by atoms with Crippen LogP contribution in [-0.4, -0.2) is 15.5 Å². The highest BCUT2D eigenvalue weighted by Gasteiger charge is 2.04. The van der Waals surface area contributed by atoms with Crippen molar-refractivity contribution in [2.75, 3.05) is 12.0 Å². The van der Waals surface area contributed by atoms with Crippen LogP contribution in [0.25, 0.3) is 0 Å². The lowest BCUT2D eigenvalue weighted by Crippen LogP contribution is -2.08. The highest BCUT2D eigenvalue weighted by molar-refractivity contribution is 7.74. The molecule has 2 aromatic carbocycles. The third-order valence-electron chi connectivity index (χ3n) is 2.35. The van der Waals surface area contributed by atoms with Gasteiger partial charge in [-0.05, 0) is 36.4 Å². The fourth-order valence-corrected chi connectivity index (χ4v) is 1.64. The van der Waals surface area contributed by atoms with Gasteiger partial charge in [-0.1, -0.05) is 12.1 Å². The van der Waals surface area contributed by atoms with Crippen molar-refractivity contribution in [3.63, 3.8) is 0 Å². The number of ether oxygens (including phenoxy) is 1. The minimum absolute atomic E-state index is 0.208. The van der Waals surface area contributed by atoms with Crippen LogP contribution in [-0.2, 0) is 15.5 Å². The Morgan fingerprint density at radius 3 is 2.55 bits per heavy atom. The zero-order valence-corrected chi connectivity index (χ0v) is 11.1. The fourth-order valence-electron chi connectivity index (χ4n) is 1.49. The lowest BCUT2D eigenvalue weighted by atomic mass is 10.3. The van der Waals surface area contributed by atoms with Crippen molar-refractivity contribution in [1.29, 1.82) is 0 Å². The van der Waals surface area contributed by atoms with Crippen LogP contribution in [0, 0.1) is 5.82 Å². The van der Waals surface area contributed by atoms with Crippen molar-refractivity contribution in [3.05, 3.63) is 54.3 Å². The number of para-hydroxylation sites is 2. The minimum atomic E-state index is -2.58. The summed E-state index contributed by atoms with van der Waals surface area (Å²) < 4.78 is 43.3. The molecule has 20 heavy (non-hydrogen) atoms. The summed E-state index contributed by atoms with van der Waals surface area (Å²) in [7, 11) is 0. The molecule has 0 radical (unpaired) electrons. The topological polar surface area (TPSA) is 70.6 Å². The van der Waals surface area contributed by atoms with E-state index in [2.05, 4.69) is 9.50 Å². The van der Waals surface area contributed by atoms with Crippen molar-refractivity contribution in [2.45, 2.75) is 0 Å². The van der Waals surface area contributed by atoms with E-state index in [9.17, 15) is 13.2 Å². The van der Waals surface area contributed by atoms with Gasteiger partial charge >= 0.3 is 0 Å². The second-order valence-corrected chi connectivity index (χ2v) is 4.34. The molecule has 2 rings (SSSR count). The van der Waals surface area contributed by atoms with Crippen LogP contribution in [0.15, 0.2) is 48.5 Å². The summed E-state index contributed by atoms with van der Waals surface area (Å²) in [5.74, 6) is 0.587. The predicted octanol–water partition coefficient (Wildman–Crippen LogP) is 2.80. The summed E-state index contributed by atoms with van der Waals surface area (Å²) in [6.07, 6.45) is 0. The number of hydrogen-bond acceptors (Lipinski definition) is 5. The lowest BCUT2D eigenvalue weighted by molar-refractivity contribution is 0.322. The summed E-state index contributed by atoms with van der Waals surface area (Å²) >= 11 is -2.58. The quantitative estimate of drug-likeness (QED) is 0.655. The van der Waals surface area contributed by atoms with Gasteiger partial charge in [0.1, 0.15) is 18.3 Å². The second-order valence-electron chi connectivity index (χ2n) is 3.70. The minimum Gasteiger partial charge on any atom is -0.750 e. The van der Waals surface area contributed by atoms with E-state index >= 15 is 0 Å². The van der Waals surface area contributed by atoms with Crippen molar-refractivity contribution in [2.24, 2.45) is 0 Å². The van der Waals surface area contributed by atoms with Crippen molar-refractivity contribution >= 4 is 17.0 Å². The molecule has 1 unspecified atom stereocenters. The second kappa shape index (κ2) is 6.99. The molecule has 106 valence electrons. The zero-order valence-electron chi connectivity index (χ0n) is 10.2. The Kier molecular flexibility index (Phi) is 5.05. The Hall–Kier alpha value is -1.96. The third-order valence-corrected chi connectivity index (χ3v) is 2.66. The summed E-state index contributed by atoms with van der Waals surface area (Å²) in [5, 5.41) is 2.76. The average molecular weight is 296 g/mol. The molecule has 0 saturated heterocycles. The molecule has 0 aliphatic carbocycles. The van der Waals surface area contributed by atoms with E-state index in [0.717, 1.165) is 0 Å². The molecule has 1 atom stereocenters. The first-order chi connectivity index (χ1) is 9.65. The van der Waals surface area contributed by atoms with Crippen LogP contribution in [0.5, 0.6) is 11.5 Å². The Morgan fingerprint density at radius 2 is 1.85 bits per heavy atom. The monoisotopic (exact) mass is 296 g/mol. The molecule has 7 heteroatoms. The van der Waals surface area contributed by atoms with E-state index in [4.69, 9.17) is 4.74 Å². The molecule has 0 spiro atoms. The third kappa shape index (κ3) is 4.30. The van der Waals surface area contributed by atoms with Crippen LogP contribution in [0.1, 0.15) is 0 Å². The molecule has 0 aliphatic rings. The van der Waals surface area contributed by atoms with Gasteiger partial charge in [0, 0.05) is 0 Å². The van der Waals surface area contributed by atoms with Crippen LogP contribution < -0.4 is 10.1 Å². The van der Waals surface area contributed by atoms with E-state index < -0.39 is 11.4 Å². The Labute approximate surface area is 117 Å². The highest BCUT2D eigenvalue weighted by Crippen LogP contribution is 2.29. The maximum absolute atomic E-state index is 12.8. The average Bonchev–Trinajstić information content (AvgIpc) is 2.43. The molecular weight excluding hydrogens is 285 g/mol. The number of hydrogen-bond donors (Lipinski definition) is 1. The van der Waals surface area contributed by atoms with Gasteiger partial charge in [-0.3, -0.25) is 4.18 Å². The van der Waals surface area contributed by atoms with Crippen molar-refractivity contribution in [3.8, 4) is 11.5 Å². The molecule has 0 fully saturated rings. The van der Waals surface area contributed by atoms with Gasteiger partial charge in [0.15, 0.2) is 5.75 Å². The smallest absolute Gasteiger partial charge is 0.150 e. The summed E-state index contributed by atoms with van der Waals surface area (Å²) in [4.78, 5) is 0. The zero-order chi connectivity index (χ0) is 14.4. The maximum atomic E-state index is 12.8. The van der Waals surface area contributed by atoms with Gasteiger partial charge in [-0.15, -0.1) is 0 Å². The largest absolute Gasteiger partial charge is 0.750 e. The van der Waals surface area contributed by atoms with Crippen LogP contribution in [0.4, 0.5) is 10.1 Å². The van der Waals surface area contributed by atoms with Crippen LogP contribution >= 0.6 is 0 Å². The number of nitrogens with one attached hydrogen (secondary N) is 1. The van der Waals surface area contributed by atoms with E-state index in [1.165, 1.54) is 24.3 Å². The molecule has 0 aliphatic heterocycles. The Balaban J connectivity index is 2.07. The first-order valence-electron chi connectivity index (χ1n) is 5.64. The molecule has 5 nitrogen and oxygen atoms in total. The molecule has 0 aromatic heterocycles. The first-order valence-corrected chi connectivity index (χ1v) is 6.64. The number of benzene rings is 2. The van der Waals surface area contributed by atoms with Crippen molar-refractivity contribution in [1.82, 2.24) is 0 Å². The van der Waals surface area contributed by atoms with E-state index in [1.54, 1.807) is 24.3 Å². The summed E-state index contributed by atoms with van der Waals surface area (Å²) in [5.41, 5.74) is 0.558. The fraction of sp³-hybridized carbons (Fsp3) is 0.0769. The van der Waals surface area contributed by atoms with Gasteiger partial charge in [-0.25, -0.2) is 8.60 Å². The molecule has 1 N–H and O–H groups in total. The van der Waals surface area contributed by atoms with E-state index in [-0.39, 0.29) is 12.5 Å². The Bertz CT molecular complexity index is 591.